The fourth-order valence-corrected chi connectivity index (χ4v) is 1.54. The van der Waals surface area contributed by atoms with E-state index in [1.807, 2.05) is 44.2 Å². The number of aliphatic hydroxyl groups is 1. The van der Waals surface area contributed by atoms with Crippen LogP contribution in [0.3, 0.4) is 0 Å². The van der Waals surface area contributed by atoms with Gasteiger partial charge in [0.15, 0.2) is 0 Å². The molecule has 2 atom stereocenters. The highest BCUT2D eigenvalue weighted by atomic mass is 16.3. The van der Waals surface area contributed by atoms with Crippen molar-refractivity contribution in [2.75, 3.05) is 6.54 Å². The van der Waals surface area contributed by atoms with Crippen molar-refractivity contribution < 1.29 is 9.90 Å². The normalized spacial score (nSPS) is 14.3. The average Bonchev–Trinajstić information content (AvgIpc) is 2.36. The summed E-state index contributed by atoms with van der Waals surface area (Å²) in [7, 11) is 0. The lowest BCUT2D eigenvalue weighted by Crippen LogP contribution is -2.36. The molecule has 4 N–H and O–H groups in total. The van der Waals surface area contributed by atoms with Crippen molar-refractivity contribution in [2.45, 2.75) is 32.4 Å². The number of rotatable bonds is 6. The number of aliphatic hydroxyl groups excluding tert-OH is 1. The minimum atomic E-state index is -0.512. The zero-order valence-electron chi connectivity index (χ0n) is 11.0. The number of nitrogens with two attached hydrogens (primary N) is 1. The van der Waals surface area contributed by atoms with E-state index in [1.54, 1.807) is 0 Å². The van der Waals surface area contributed by atoms with Crippen LogP contribution < -0.4 is 11.1 Å². The van der Waals surface area contributed by atoms with E-state index in [1.165, 1.54) is 0 Å². The summed E-state index contributed by atoms with van der Waals surface area (Å²) in [5.41, 5.74) is 6.88. The molecule has 0 bridgehead atoms. The van der Waals surface area contributed by atoms with E-state index < -0.39 is 6.10 Å². The van der Waals surface area contributed by atoms with Crippen LogP contribution in [0.1, 0.15) is 31.9 Å². The highest BCUT2D eigenvalue weighted by molar-refractivity contribution is 5.76. The summed E-state index contributed by atoms with van der Waals surface area (Å²) in [5.74, 6) is -0.000787. The molecule has 1 aromatic carbocycles. The number of hydrogen-bond acceptors (Lipinski definition) is 3. The Bertz CT molecular complexity index is 365. The molecule has 0 aromatic heterocycles. The first-order valence-electron chi connectivity index (χ1n) is 6.26. The number of carbonyl (C=O) groups is 1. The second-order valence-corrected chi connectivity index (χ2v) is 4.84. The molecule has 0 spiro atoms. The van der Waals surface area contributed by atoms with Gasteiger partial charge in [-0.2, -0.15) is 0 Å². The van der Waals surface area contributed by atoms with Gasteiger partial charge >= 0.3 is 0 Å². The predicted octanol–water partition coefficient (Wildman–Crippen LogP) is 1.21. The van der Waals surface area contributed by atoms with Crippen LogP contribution >= 0.6 is 0 Å². The first-order valence-corrected chi connectivity index (χ1v) is 6.26. The summed E-state index contributed by atoms with van der Waals surface area (Å²) < 4.78 is 0. The van der Waals surface area contributed by atoms with Crippen LogP contribution in [-0.4, -0.2) is 23.7 Å². The molecule has 1 rings (SSSR count). The van der Waals surface area contributed by atoms with Gasteiger partial charge in [0.05, 0.1) is 6.10 Å². The molecule has 0 aliphatic rings. The quantitative estimate of drug-likeness (QED) is 0.710. The maximum atomic E-state index is 11.7. The van der Waals surface area contributed by atoms with Crippen LogP contribution in [0.25, 0.3) is 0 Å². The molecular formula is C14H22N2O2. The van der Waals surface area contributed by atoms with E-state index in [4.69, 9.17) is 5.73 Å². The molecule has 0 radical (unpaired) electrons. The Morgan fingerprint density at radius 3 is 2.50 bits per heavy atom. The van der Waals surface area contributed by atoms with E-state index in [0.717, 1.165) is 5.56 Å². The summed E-state index contributed by atoms with van der Waals surface area (Å²) in [6.45, 7) is 4.09. The lowest BCUT2D eigenvalue weighted by atomic mass is 10.0. The standard InChI is InChI=1S/C14H22N2O2/c1-10(2)13(17)9-16-14(18)8-12(15)11-6-4-3-5-7-11/h3-7,10,12-13,17H,8-9,15H2,1-2H3,(H,16,18). The lowest BCUT2D eigenvalue weighted by Gasteiger charge is -2.16. The van der Waals surface area contributed by atoms with E-state index >= 15 is 0 Å². The summed E-state index contributed by atoms with van der Waals surface area (Å²) in [6, 6.07) is 9.21. The Kier molecular flexibility index (Phi) is 5.82. The predicted molar refractivity (Wildman–Crippen MR) is 71.8 cm³/mol. The van der Waals surface area contributed by atoms with Crippen molar-refractivity contribution >= 4 is 5.91 Å². The second-order valence-electron chi connectivity index (χ2n) is 4.84. The Morgan fingerprint density at radius 1 is 1.33 bits per heavy atom. The fraction of sp³-hybridized carbons (Fsp3) is 0.500. The third-order valence-corrected chi connectivity index (χ3v) is 2.91. The van der Waals surface area contributed by atoms with Crippen LogP contribution in [0.5, 0.6) is 0 Å². The Morgan fingerprint density at radius 2 is 1.94 bits per heavy atom. The van der Waals surface area contributed by atoms with Crippen molar-refractivity contribution in [1.82, 2.24) is 5.32 Å². The molecule has 0 aliphatic carbocycles. The summed E-state index contributed by atoms with van der Waals surface area (Å²) in [4.78, 5) is 11.7. The molecule has 0 saturated carbocycles. The minimum Gasteiger partial charge on any atom is -0.391 e. The Labute approximate surface area is 108 Å². The van der Waals surface area contributed by atoms with E-state index in [9.17, 15) is 9.90 Å². The van der Waals surface area contributed by atoms with Gasteiger partial charge in [0, 0.05) is 19.0 Å². The van der Waals surface area contributed by atoms with Crippen LogP contribution in [0, 0.1) is 5.92 Å². The van der Waals surface area contributed by atoms with Gasteiger partial charge in [0.2, 0.25) is 5.91 Å². The van der Waals surface area contributed by atoms with Gasteiger partial charge < -0.3 is 16.2 Å². The molecule has 0 heterocycles. The number of nitrogens with one attached hydrogen (secondary N) is 1. The van der Waals surface area contributed by atoms with E-state index in [0.29, 0.717) is 0 Å². The third-order valence-electron chi connectivity index (χ3n) is 2.91. The van der Waals surface area contributed by atoms with Gasteiger partial charge in [-0.3, -0.25) is 4.79 Å². The zero-order chi connectivity index (χ0) is 13.5. The molecular weight excluding hydrogens is 228 g/mol. The van der Waals surface area contributed by atoms with Crippen LogP contribution in [0.15, 0.2) is 30.3 Å². The summed E-state index contributed by atoms with van der Waals surface area (Å²) in [5, 5.41) is 12.3. The average molecular weight is 250 g/mol. The largest absolute Gasteiger partial charge is 0.391 e. The number of benzene rings is 1. The maximum Gasteiger partial charge on any atom is 0.221 e. The molecule has 4 heteroatoms. The Balaban J connectivity index is 2.37. The van der Waals surface area contributed by atoms with Crippen molar-refractivity contribution in [3.63, 3.8) is 0 Å². The first kappa shape index (κ1) is 14.7. The molecule has 4 nitrogen and oxygen atoms in total. The van der Waals surface area contributed by atoms with Crippen LogP contribution in [0.2, 0.25) is 0 Å². The molecule has 18 heavy (non-hydrogen) atoms. The highest BCUT2D eigenvalue weighted by Crippen LogP contribution is 2.12. The molecule has 100 valence electrons. The molecule has 0 fully saturated rings. The highest BCUT2D eigenvalue weighted by Gasteiger charge is 2.14. The second kappa shape index (κ2) is 7.13. The topological polar surface area (TPSA) is 75.3 Å². The van der Waals surface area contributed by atoms with Gasteiger partial charge in [0.1, 0.15) is 0 Å². The van der Waals surface area contributed by atoms with Gasteiger partial charge in [-0.25, -0.2) is 0 Å². The van der Waals surface area contributed by atoms with Gasteiger partial charge in [-0.1, -0.05) is 44.2 Å². The maximum absolute atomic E-state index is 11.7. The Hall–Kier alpha value is -1.39. The van der Waals surface area contributed by atoms with E-state index in [2.05, 4.69) is 5.32 Å². The van der Waals surface area contributed by atoms with Crippen molar-refractivity contribution in [3.05, 3.63) is 35.9 Å². The summed E-state index contributed by atoms with van der Waals surface area (Å²) in [6.07, 6.45) is -0.281. The van der Waals surface area contributed by atoms with Crippen molar-refractivity contribution in [1.29, 1.82) is 0 Å². The molecule has 0 aliphatic heterocycles. The molecule has 1 aromatic rings. The summed E-state index contributed by atoms with van der Waals surface area (Å²) >= 11 is 0. The molecule has 0 saturated heterocycles. The van der Waals surface area contributed by atoms with Crippen LogP contribution in [0.4, 0.5) is 0 Å². The zero-order valence-corrected chi connectivity index (χ0v) is 11.0. The third kappa shape index (κ3) is 4.85. The van der Waals surface area contributed by atoms with Gasteiger partial charge in [-0.05, 0) is 11.5 Å². The first-order chi connectivity index (χ1) is 8.50. The number of carbonyl (C=O) groups excluding carboxylic acids is 1. The monoisotopic (exact) mass is 250 g/mol. The van der Waals surface area contributed by atoms with Gasteiger partial charge in [0.25, 0.3) is 0 Å². The van der Waals surface area contributed by atoms with Crippen molar-refractivity contribution in [3.8, 4) is 0 Å². The SMILES string of the molecule is CC(C)C(O)CNC(=O)CC(N)c1ccccc1. The smallest absolute Gasteiger partial charge is 0.221 e. The van der Waals surface area contributed by atoms with E-state index in [-0.39, 0.29) is 30.8 Å². The molecule has 2 unspecified atom stereocenters. The fourth-order valence-electron chi connectivity index (χ4n) is 1.54. The lowest BCUT2D eigenvalue weighted by molar-refractivity contribution is -0.122. The van der Waals surface area contributed by atoms with Gasteiger partial charge in [-0.15, -0.1) is 0 Å². The van der Waals surface area contributed by atoms with Crippen molar-refractivity contribution in [2.24, 2.45) is 11.7 Å². The number of hydrogen-bond donors (Lipinski definition) is 3. The molecule has 1 amide bonds. The number of amides is 1. The minimum absolute atomic E-state index is 0.132. The van der Waals surface area contributed by atoms with Crippen LogP contribution in [-0.2, 0) is 4.79 Å².